The number of hydrogen-bond donors (Lipinski definition) is 1. The van der Waals surface area contributed by atoms with Gasteiger partial charge in [0.05, 0.1) is 11.8 Å². The number of benzene rings is 2. The molecule has 0 saturated carbocycles. The number of sulfonamides is 1. The van der Waals surface area contributed by atoms with Crippen LogP contribution in [-0.4, -0.2) is 32.7 Å². The largest absolute Gasteiger partial charge is 0.310 e. The minimum atomic E-state index is -3.50. The molecule has 1 amide bonds. The number of carbonyl (C=O) groups is 1. The summed E-state index contributed by atoms with van der Waals surface area (Å²) in [5, 5.41) is 0. The van der Waals surface area contributed by atoms with E-state index in [9.17, 15) is 13.2 Å². The van der Waals surface area contributed by atoms with E-state index >= 15 is 0 Å². The van der Waals surface area contributed by atoms with Gasteiger partial charge in [-0.05, 0) is 43.4 Å². The second-order valence-corrected chi connectivity index (χ2v) is 8.49. The van der Waals surface area contributed by atoms with Crippen molar-refractivity contribution in [2.45, 2.75) is 32.2 Å². The Kier molecular flexibility index (Phi) is 5.74. The van der Waals surface area contributed by atoms with Gasteiger partial charge in [-0.2, -0.15) is 0 Å². The summed E-state index contributed by atoms with van der Waals surface area (Å²) in [6.45, 7) is 2.20. The lowest BCUT2D eigenvalue weighted by atomic mass is 10.1. The molecule has 0 bridgehead atoms. The molecule has 0 fully saturated rings. The highest BCUT2D eigenvalue weighted by atomic mass is 32.2. The number of para-hydroxylation sites is 1. The zero-order valence-electron chi connectivity index (χ0n) is 14.9. The zero-order valence-corrected chi connectivity index (χ0v) is 15.7. The standard InChI is InChI=1S/C20H24N2O3S/c1-16(20(23)22-14-13-18-11-5-6-12-19(18)22)21-26(24,25)15-7-10-17-8-3-2-4-9-17/h2-6,8-9,11-12,16,21H,7,10,13-15H2,1H3/t16-/m0/s1. The predicted octanol–water partition coefficient (Wildman–Crippen LogP) is 2.52. The van der Waals surface area contributed by atoms with Gasteiger partial charge in [0.15, 0.2) is 0 Å². The van der Waals surface area contributed by atoms with E-state index in [1.54, 1.807) is 11.8 Å². The summed E-state index contributed by atoms with van der Waals surface area (Å²) < 4.78 is 27.2. The highest BCUT2D eigenvalue weighted by Gasteiger charge is 2.29. The summed E-state index contributed by atoms with van der Waals surface area (Å²) in [4.78, 5) is 14.4. The molecule has 3 rings (SSSR count). The normalized spacial score (nSPS) is 14.9. The first-order valence-corrected chi connectivity index (χ1v) is 10.5. The first kappa shape index (κ1) is 18.6. The first-order chi connectivity index (χ1) is 12.5. The van der Waals surface area contributed by atoms with Gasteiger partial charge < -0.3 is 4.90 Å². The second kappa shape index (κ2) is 8.01. The molecule has 26 heavy (non-hydrogen) atoms. The number of nitrogens with zero attached hydrogens (tertiary/aromatic N) is 1. The van der Waals surface area contributed by atoms with Gasteiger partial charge in [0.25, 0.3) is 0 Å². The van der Waals surface area contributed by atoms with E-state index in [-0.39, 0.29) is 11.7 Å². The maximum atomic E-state index is 12.7. The number of hydrogen-bond acceptors (Lipinski definition) is 3. The summed E-state index contributed by atoms with van der Waals surface area (Å²) in [6, 6.07) is 16.8. The van der Waals surface area contributed by atoms with E-state index < -0.39 is 16.1 Å². The van der Waals surface area contributed by atoms with Gasteiger partial charge in [-0.25, -0.2) is 13.1 Å². The van der Waals surface area contributed by atoms with E-state index in [1.807, 2.05) is 54.6 Å². The van der Waals surface area contributed by atoms with Crippen molar-refractivity contribution in [2.24, 2.45) is 0 Å². The number of carbonyl (C=O) groups excluding carboxylic acids is 1. The lowest BCUT2D eigenvalue weighted by molar-refractivity contribution is -0.119. The topological polar surface area (TPSA) is 66.5 Å². The Hall–Kier alpha value is -2.18. The van der Waals surface area contributed by atoms with Crippen molar-refractivity contribution in [1.29, 1.82) is 0 Å². The fourth-order valence-electron chi connectivity index (χ4n) is 3.29. The van der Waals surface area contributed by atoms with Crippen LogP contribution in [0.3, 0.4) is 0 Å². The van der Waals surface area contributed by atoms with Crippen molar-refractivity contribution in [3.63, 3.8) is 0 Å². The smallest absolute Gasteiger partial charge is 0.244 e. The summed E-state index contributed by atoms with van der Waals surface area (Å²) in [5.74, 6) is -0.197. The quantitative estimate of drug-likeness (QED) is 0.812. The minimum Gasteiger partial charge on any atom is -0.310 e. The highest BCUT2D eigenvalue weighted by molar-refractivity contribution is 7.89. The van der Waals surface area contributed by atoms with E-state index in [4.69, 9.17) is 0 Å². The second-order valence-electron chi connectivity index (χ2n) is 6.62. The molecule has 5 nitrogen and oxygen atoms in total. The summed E-state index contributed by atoms with van der Waals surface area (Å²) in [7, 11) is -3.50. The number of rotatable bonds is 7. The first-order valence-electron chi connectivity index (χ1n) is 8.89. The van der Waals surface area contributed by atoms with Crippen LogP contribution < -0.4 is 9.62 Å². The van der Waals surface area contributed by atoms with Crippen molar-refractivity contribution in [2.75, 3.05) is 17.2 Å². The van der Waals surface area contributed by atoms with Crippen LogP contribution >= 0.6 is 0 Å². The molecule has 6 heteroatoms. The van der Waals surface area contributed by atoms with Gasteiger partial charge in [0.2, 0.25) is 15.9 Å². The Balaban J connectivity index is 1.55. The zero-order chi connectivity index (χ0) is 18.6. The fraction of sp³-hybridized carbons (Fsp3) is 0.350. The Labute approximate surface area is 155 Å². The van der Waals surface area contributed by atoms with Crippen LogP contribution in [0.15, 0.2) is 54.6 Å². The molecule has 1 aliphatic heterocycles. The van der Waals surface area contributed by atoms with Crippen LogP contribution in [0.25, 0.3) is 0 Å². The number of nitrogens with one attached hydrogen (secondary N) is 1. The summed E-state index contributed by atoms with van der Waals surface area (Å²) in [5.41, 5.74) is 3.12. The van der Waals surface area contributed by atoms with E-state index in [2.05, 4.69) is 4.72 Å². The number of amides is 1. The van der Waals surface area contributed by atoms with E-state index in [1.165, 1.54) is 0 Å². The lowest BCUT2D eigenvalue weighted by Gasteiger charge is -2.22. The lowest BCUT2D eigenvalue weighted by Crippen LogP contribution is -2.47. The Morgan fingerprint density at radius 2 is 1.81 bits per heavy atom. The third-order valence-corrected chi connectivity index (χ3v) is 6.14. The average molecular weight is 372 g/mol. The molecular formula is C20H24N2O3S. The number of aryl methyl sites for hydroxylation is 1. The Morgan fingerprint density at radius 3 is 2.58 bits per heavy atom. The molecule has 2 aromatic carbocycles. The van der Waals surface area contributed by atoms with Crippen molar-refractivity contribution in [3.05, 3.63) is 65.7 Å². The van der Waals surface area contributed by atoms with E-state index in [0.717, 1.165) is 23.2 Å². The van der Waals surface area contributed by atoms with Crippen LogP contribution in [0.2, 0.25) is 0 Å². The third kappa shape index (κ3) is 4.51. The molecule has 1 N–H and O–H groups in total. The SMILES string of the molecule is C[C@H](NS(=O)(=O)CCCc1ccccc1)C(=O)N1CCc2ccccc21. The molecule has 0 saturated heterocycles. The Bertz CT molecular complexity index is 866. The van der Waals surface area contributed by atoms with Gasteiger partial charge in [0, 0.05) is 12.2 Å². The van der Waals surface area contributed by atoms with Crippen molar-refractivity contribution >= 4 is 21.6 Å². The summed E-state index contributed by atoms with van der Waals surface area (Å²) in [6.07, 6.45) is 2.02. The molecule has 0 spiro atoms. The van der Waals surface area contributed by atoms with Crippen molar-refractivity contribution in [3.8, 4) is 0 Å². The molecule has 1 aliphatic rings. The van der Waals surface area contributed by atoms with Crippen LogP contribution in [0, 0.1) is 0 Å². The van der Waals surface area contributed by atoms with Gasteiger partial charge in [0.1, 0.15) is 0 Å². The van der Waals surface area contributed by atoms with Gasteiger partial charge in [-0.1, -0.05) is 48.5 Å². The maximum Gasteiger partial charge on any atom is 0.244 e. The van der Waals surface area contributed by atoms with Crippen molar-refractivity contribution in [1.82, 2.24) is 4.72 Å². The molecule has 0 unspecified atom stereocenters. The maximum absolute atomic E-state index is 12.7. The van der Waals surface area contributed by atoms with Crippen molar-refractivity contribution < 1.29 is 13.2 Å². The third-order valence-electron chi connectivity index (χ3n) is 4.60. The van der Waals surface area contributed by atoms with E-state index in [0.29, 0.717) is 19.4 Å². The molecular weight excluding hydrogens is 348 g/mol. The molecule has 0 aliphatic carbocycles. The van der Waals surface area contributed by atoms with Crippen LogP contribution in [-0.2, 0) is 27.7 Å². The molecule has 0 aromatic heterocycles. The molecule has 0 radical (unpaired) electrons. The highest BCUT2D eigenvalue weighted by Crippen LogP contribution is 2.27. The number of fused-ring (bicyclic) bond motifs is 1. The monoisotopic (exact) mass is 372 g/mol. The summed E-state index contributed by atoms with van der Waals surface area (Å²) >= 11 is 0. The van der Waals surface area contributed by atoms with Gasteiger partial charge >= 0.3 is 0 Å². The predicted molar refractivity (Wildman–Crippen MR) is 104 cm³/mol. The molecule has 138 valence electrons. The van der Waals surface area contributed by atoms with Crippen LogP contribution in [0.1, 0.15) is 24.5 Å². The molecule has 1 atom stereocenters. The van der Waals surface area contributed by atoms with Crippen LogP contribution in [0.4, 0.5) is 5.69 Å². The number of anilines is 1. The Morgan fingerprint density at radius 1 is 1.12 bits per heavy atom. The van der Waals surface area contributed by atoms with Gasteiger partial charge in [-0.15, -0.1) is 0 Å². The average Bonchev–Trinajstić information content (AvgIpc) is 3.05. The molecule has 1 heterocycles. The minimum absolute atomic E-state index is 0.0100. The fourth-order valence-corrected chi connectivity index (χ4v) is 4.57. The van der Waals surface area contributed by atoms with Crippen LogP contribution in [0.5, 0.6) is 0 Å². The molecule has 2 aromatic rings. The van der Waals surface area contributed by atoms with Gasteiger partial charge in [-0.3, -0.25) is 4.79 Å².